The van der Waals surface area contributed by atoms with Gasteiger partial charge in [0.1, 0.15) is 17.2 Å². The summed E-state index contributed by atoms with van der Waals surface area (Å²) in [5.41, 5.74) is 5.65. The average molecular weight is 294 g/mol. The highest BCUT2D eigenvalue weighted by atomic mass is 32.1. The van der Waals surface area contributed by atoms with Gasteiger partial charge in [-0.3, -0.25) is 4.79 Å². The number of halogens is 4. The van der Waals surface area contributed by atoms with E-state index in [0.717, 1.165) is 6.07 Å². The summed E-state index contributed by atoms with van der Waals surface area (Å²) in [5.74, 6) is -1.91. The van der Waals surface area contributed by atoms with Gasteiger partial charge in [-0.25, -0.2) is 4.39 Å². The number of hydrogen-bond donors (Lipinski definition) is 2. The first-order chi connectivity index (χ1) is 8.69. The predicted octanol–water partition coefficient (Wildman–Crippen LogP) is 2.03. The molecular formula is C11H10F4N2OS. The van der Waals surface area contributed by atoms with Crippen LogP contribution in [0, 0.1) is 5.82 Å². The third kappa shape index (κ3) is 5.21. The fourth-order valence-corrected chi connectivity index (χ4v) is 1.41. The molecule has 0 unspecified atom stereocenters. The summed E-state index contributed by atoms with van der Waals surface area (Å²) in [4.78, 5) is 10.9. The molecule has 8 heteroatoms. The van der Waals surface area contributed by atoms with Crippen LogP contribution in [0.2, 0.25) is 0 Å². The fraction of sp³-hybridized carbons (Fsp3) is 0.273. The summed E-state index contributed by atoms with van der Waals surface area (Å²) >= 11 is 4.65. The Morgan fingerprint density at radius 1 is 1.37 bits per heavy atom. The number of thiocarbonyl (C=S) groups is 1. The monoisotopic (exact) mass is 294 g/mol. The number of rotatable bonds is 4. The van der Waals surface area contributed by atoms with E-state index in [1.54, 1.807) is 0 Å². The van der Waals surface area contributed by atoms with E-state index in [1.807, 2.05) is 5.32 Å². The molecule has 3 N–H and O–H groups in total. The van der Waals surface area contributed by atoms with Crippen molar-refractivity contribution in [2.75, 3.05) is 0 Å². The second-order valence-electron chi connectivity index (χ2n) is 3.74. The Hall–Kier alpha value is -1.70. The van der Waals surface area contributed by atoms with E-state index >= 15 is 0 Å². The van der Waals surface area contributed by atoms with E-state index in [4.69, 9.17) is 5.73 Å². The second kappa shape index (κ2) is 5.96. The van der Waals surface area contributed by atoms with E-state index in [-0.39, 0.29) is 17.1 Å². The van der Waals surface area contributed by atoms with Crippen molar-refractivity contribution in [1.82, 2.24) is 5.32 Å². The van der Waals surface area contributed by atoms with Crippen LogP contribution in [0.1, 0.15) is 17.5 Å². The molecule has 1 amide bonds. The molecule has 0 radical (unpaired) electrons. The van der Waals surface area contributed by atoms with E-state index in [0.29, 0.717) is 5.56 Å². The number of nitrogens with one attached hydrogen (secondary N) is 1. The summed E-state index contributed by atoms with van der Waals surface area (Å²) in [7, 11) is 0. The molecule has 19 heavy (non-hydrogen) atoms. The Morgan fingerprint density at radius 3 is 2.47 bits per heavy atom. The van der Waals surface area contributed by atoms with Crippen molar-refractivity contribution in [3.05, 3.63) is 35.1 Å². The average Bonchev–Trinajstić information content (AvgIpc) is 2.24. The summed E-state index contributed by atoms with van der Waals surface area (Å²) in [6, 6.07) is 3.79. The number of hydrogen-bond acceptors (Lipinski definition) is 2. The minimum absolute atomic E-state index is 0.00607. The number of benzene rings is 1. The molecule has 0 saturated carbocycles. The smallest absolute Gasteiger partial charge is 0.389 e. The molecule has 0 aliphatic rings. The molecule has 0 aliphatic carbocycles. The van der Waals surface area contributed by atoms with Crippen LogP contribution < -0.4 is 11.1 Å². The Balaban J connectivity index is 2.64. The molecule has 0 aliphatic heterocycles. The molecule has 0 aromatic heterocycles. The highest BCUT2D eigenvalue weighted by Crippen LogP contribution is 2.19. The maximum absolute atomic E-state index is 13.5. The lowest BCUT2D eigenvalue weighted by atomic mass is 10.1. The standard InChI is InChI=1S/C11H10F4N2OS/c12-8-3-6(10(16)19)1-2-7(8)5-17-9(18)4-11(13,14)15/h1-3H,4-5H2,(H2,16,19)(H,17,18). The molecule has 0 saturated heterocycles. The normalized spacial score (nSPS) is 11.2. The lowest BCUT2D eigenvalue weighted by Crippen LogP contribution is -2.28. The van der Waals surface area contributed by atoms with Gasteiger partial charge in [-0.15, -0.1) is 0 Å². The van der Waals surface area contributed by atoms with E-state index in [2.05, 4.69) is 12.2 Å². The molecular weight excluding hydrogens is 284 g/mol. The van der Waals surface area contributed by atoms with E-state index in [1.165, 1.54) is 12.1 Å². The Bertz CT molecular complexity index is 502. The van der Waals surface area contributed by atoms with Gasteiger partial charge in [0.25, 0.3) is 0 Å². The van der Waals surface area contributed by atoms with Crippen LogP contribution in [-0.2, 0) is 11.3 Å². The Labute approximate surface area is 111 Å². The zero-order chi connectivity index (χ0) is 14.6. The zero-order valence-corrected chi connectivity index (χ0v) is 10.4. The molecule has 0 heterocycles. The van der Waals surface area contributed by atoms with Gasteiger partial charge in [0, 0.05) is 17.7 Å². The lowest BCUT2D eigenvalue weighted by Gasteiger charge is -2.09. The molecule has 0 bridgehead atoms. The summed E-state index contributed by atoms with van der Waals surface area (Å²) in [6.45, 7) is -0.335. The van der Waals surface area contributed by atoms with Gasteiger partial charge in [-0.05, 0) is 6.07 Å². The Morgan fingerprint density at radius 2 is 2.00 bits per heavy atom. The number of carbonyl (C=O) groups excluding carboxylic acids is 1. The third-order valence-electron chi connectivity index (χ3n) is 2.17. The van der Waals surface area contributed by atoms with Crippen molar-refractivity contribution in [1.29, 1.82) is 0 Å². The zero-order valence-electron chi connectivity index (χ0n) is 9.55. The van der Waals surface area contributed by atoms with Crippen LogP contribution in [0.4, 0.5) is 17.6 Å². The summed E-state index contributed by atoms with van der Waals surface area (Å²) in [6.07, 6.45) is -6.18. The van der Waals surface area contributed by atoms with Crippen LogP contribution in [-0.4, -0.2) is 17.1 Å². The van der Waals surface area contributed by atoms with Gasteiger partial charge in [0.15, 0.2) is 0 Å². The van der Waals surface area contributed by atoms with Crippen molar-refractivity contribution < 1.29 is 22.4 Å². The van der Waals surface area contributed by atoms with Crippen LogP contribution in [0.15, 0.2) is 18.2 Å². The van der Waals surface area contributed by atoms with Crippen LogP contribution in [0.5, 0.6) is 0 Å². The molecule has 0 atom stereocenters. The molecule has 3 nitrogen and oxygen atoms in total. The molecule has 1 rings (SSSR count). The molecule has 1 aromatic rings. The van der Waals surface area contributed by atoms with Crippen molar-refractivity contribution in [3.8, 4) is 0 Å². The summed E-state index contributed by atoms with van der Waals surface area (Å²) < 4.78 is 49.2. The Kier molecular flexibility index (Phi) is 4.82. The number of amides is 1. The van der Waals surface area contributed by atoms with Gasteiger partial charge in [-0.2, -0.15) is 13.2 Å². The SMILES string of the molecule is NC(=S)c1ccc(CNC(=O)CC(F)(F)F)c(F)c1. The number of nitrogens with two attached hydrogens (primary N) is 1. The fourth-order valence-electron chi connectivity index (χ4n) is 1.28. The van der Waals surface area contributed by atoms with Gasteiger partial charge < -0.3 is 11.1 Å². The number of alkyl halides is 3. The van der Waals surface area contributed by atoms with Crippen LogP contribution in [0.3, 0.4) is 0 Å². The first-order valence-corrected chi connectivity index (χ1v) is 5.51. The van der Waals surface area contributed by atoms with E-state index < -0.39 is 24.3 Å². The highest BCUT2D eigenvalue weighted by molar-refractivity contribution is 7.80. The van der Waals surface area contributed by atoms with E-state index in [9.17, 15) is 22.4 Å². The maximum Gasteiger partial charge on any atom is 0.397 e. The van der Waals surface area contributed by atoms with Crippen molar-refractivity contribution in [2.45, 2.75) is 19.1 Å². The lowest BCUT2D eigenvalue weighted by molar-refractivity contribution is -0.153. The first-order valence-electron chi connectivity index (χ1n) is 5.11. The van der Waals surface area contributed by atoms with Crippen molar-refractivity contribution in [3.63, 3.8) is 0 Å². The molecule has 0 spiro atoms. The summed E-state index contributed by atoms with van der Waals surface area (Å²) in [5, 5.41) is 1.98. The maximum atomic E-state index is 13.5. The van der Waals surface area contributed by atoms with Crippen LogP contribution in [0.25, 0.3) is 0 Å². The quantitative estimate of drug-likeness (QED) is 0.660. The molecule has 0 fully saturated rings. The predicted molar refractivity (Wildman–Crippen MR) is 64.8 cm³/mol. The minimum Gasteiger partial charge on any atom is -0.389 e. The molecule has 1 aromatic carbocycles. The largest absolute Gasteiger partial charge is 0.397 e. The van der Waals surface area contributed by atoms with Crippen molar-refractivity contribution >= 4 is 23.1 Å². The van der Waals surface area contributed by atoms with Gasteiger partial charge >= 0.3 is 6.18 Å². The van der Waals surface area contributed by atoms with Crippen LogP contribution >= 0.6 is 12.2 Å². The van der Waals surface area contributed by atoms with Gasteiger partial charge in [0.2, 0.25) is 5.91 Å². The number of carbonyl (C=O) groups is 1. The minimum atomic E-state index is -4.59. The van der Waals surface area contributed by atoms with Gasteiger partial charge in [-0.1, -0.05) is 24.4 Å². The van der Waals surface area contributed by atoms with Crippen molar-refractivity contribution in [2.24, 2.45) is 5.73 Å². The first kappa shape index (κ1) is 15.4. The topological polar surface area (TPSA) is 55.1 Å². The third-order valence-corrected chi connectivity index (χ3v) is 2.41. The molecule has 104 valence electrons. The van der Waals surface area contributed by atoms with Gasteiger partial charge in [0.05, 0.1) is 0 Å². The second-order valence-corrected chi connectivity index (χ2v) is 4.18. The highest BCUT2D eigenvalue weighted by Gasteiger charge is 2.30.